The number of hydrogen-bond acceptors (Lipinski definition) is 2. The molecule has 0 aliphatic rings. The summed E-state index contributed by atoms with van der Waals surface area (Å²) in [7, 11) is 0. The van der Waals surface area contributed by atoms with E-state index in [1.807, 2.05) is 26.8 Å². The zero-order valence-electron chi connectivity index (χ0n) is 7.16. The standard InChI is InChI=1S/C8H14N2O/c1-6(2)11-7(3)8-4-5-9-10-8/h4-7H,1-3H3,(H,9,10). The molecule has 0 spiro atoms. The largest absolute Gasteiger partial charge is 0.370 e. The fourth-order valence-corrected chi connectivity index (χ4v) is 0.975. The third kappa shape index (κ3) is 2.35. The molecule has 1 atom stereocenters. The number of nitrogens with zero attached hydrogens (tertiary/aromatic N) is 1. The molecule has 1 aromatic heterocycles. The zero-order chi connectivity index (χ0) is 8.27. The third-order valence-corrected chi connectivity index (χ3v) is 1.44. The Morgan fingerprint density at radius 3 is 2.64 bits per heavy atom. The summed E-state index contributed by atoms with van der Waals surface area (Å²) in [5, 5.41) is 6.71. The summed E-state index contributed by atoms with van der Waals surface area (Å²) in [6, 6.07) is 1.92. The molecule has 62 valence electrons. The molecule has 0 saturated heterocycles. The van der Waals surface area contributed by atoms with Crippen molar-refractivity contribution < 1.29 is 4.74 Å². The van der Waals surface area contributed by atoms with E-state index in [0.29, 0.717) is 0 Å². The van der Waals surface area contributed by atoms with E-state index in [0.717, 1.165) is 5.69 Å². The Balaban J connectivity index is 2.49. The van der Waals surface area contributed by atoms with Crippen LogP contribution in [0.1, 0.15) is 32.6 Å². The highest BCUT2D eigenvalue weighted by atomic mass is 16.5. The molecule has 3 nitrogen and oxygen atoms in total. The van der Waals surface area contributed by atoms with Crippen LogP contribution >= 0.6 is 0 Å². The number of aromatic nitrogens is 2. The van der Waals surface area contributed by atoms with E-state index < -0.39 is 0 Å². The molecule has 1 N–H and O–H groups in total. The summed E-state index contributed by atoms with van der Waals surface area (Å²) in [6.45, 7) is 6.05. The highest BCUT2D eigenvalue weighted by molar-refractivity contribution is 5.00. The van der Waals surface area contributed by atoms with E-state index in [1.54, 1.807) is 6.20 Å². The van der Waals surface area contributed by atoms with E-state index in [9.17, 15) is 0 Å². The molecule has 0 aliphatic heterocycles. The maximum atomic E-state index is 5.52. The predicted octanol–water partition coefficient (Wildman–Crippen LogP) is 1.90. The Bertz CT molecular complexity index is 194. The average molecular weight is 154 g/mol. The Morgan fingerprint density at radius 1 is 1.45 bits per heavy atom. The van der Waals surface area contributed by atoms with Gasteiger partial charge in [0.1, 0.15) is 0 Å². The van der Waals surface area contributed by atoms with E-state index in [2.05, 4.69) is 10.2 Å². The van der Waals surface area contributed by atoms with Crippen LogP contribution in [0.4, 0.5) is 0 Å². The first-order valence-electron chi connectivity index (χ1n) is 3.85. The maximum Gasteiger partial charge on any atom is 0.0964 e. The second-order valence-electron chi connectivity index (χ2n) is 2.84. The number of aromatic amines is 1. The molecule has 1 aromatic rings. The van der Waals surface area contributed by atoms with E-state index in [4.69, 9.17) is 4.74 Å². The average Bonchev–Trinajstić information content (AvgIpc) is 2.35. The smallest absolute Gasteiger partial charge is 0.0964 e. The fraction of sp³-hybridized carbons (Fsp3) is 0.625. The maximum absolute atomic E-state index is 5.52. The minimum Gasteiger partial charge on any atom is -0.370 e. The molecule has 3 heteroatoms. The molecule has 1 unspecified atom stereocenters. The van der Waals surface area contributed by atoms with Gasteiger partial charge < -0.3 is 4.74 Å². The lowest BCUT2D eigenvalue weighted by atomic mass is 10.3. The lowest BCUT2D eigenvalue weighted by Gasteiger charge is -2.13. The Hall–Kier alpha value is -0.830. The van der Waals surface area contributed by atoms with Crippen LogP contribution in [0.2, 0.25) is 0 Å². The van der Waals surface area contributed by atoms with Gasteiger partial charge in [-0.1, -0.05) is 0 Å². The van der Waals surface area contributed by atoms with Crippen molar-refractivity contribution in [2.75, 3.05) is 0 Å². The van der Waals surface area contributed by atoms with E-state index >= 15 is 0 Å². The van der Waals surface area contributed by atoms with Gasteiger partial charge in [0.05, 0.1) is 17.9 Å². The summed E-state index contributed by atoms with van der Waals surface area (Å²) < 4.78 is 5.52. The topological polar surface area (TPSA) is 37.9 Å². The minimum absolute atomic E-state index is 0.109. The van der Waals surface area contributed by atoms with Gasteiger partial charge in [-0.05, 0) is 26.8 Å². The van der Waals surface area contributed by atoms with Crippen LogP contribution in [0.15, 0.2) is 12.3 Å². The van der Waals surface area contributed by atoms with Gasteiger partial charge in [0.2, 0.25) is 0 Å². The van der Waals surface area contributed by atoms with Crippen molar-refractivity contribution in [2.45, 2.75) is 33.0 Å². The van der Waals surface area contributed by atoms with Gasteiger partial charge in [0.25, 0.3) is 0 Å². The van der Waals surface area contributed by atoms with Crippen LogP contribution in [-0.2, 0) is 4.74 Å². The Morgan fingerprint density at radius 2 is 2.18 bits per heavy atom. The van der Waals surface area contributed by atoms with E-state index in [1.165, 1.54) is 0 Å². The van der Waals surface area contributed by atoms with Crippen LogP contribution in [0.3, 0.4) is 0 Å². The van der Waals surface area contributed by atoms with Crippen LogP contribution < -0.4 is 0 Å². The van der Waals surface area contributed by atoms with Crippen molar-refractivity contribution in [3.8, 4) is 0 Å². The number of rotatable bonds is 3. The quantitative estimate of drug-likeness (QED) is 0.722. The monoisotopic (exact) mass is 154 g/mol. The van der Waals surface area contributed by atoms with Crippen LogP contribution in [0.25, 0.3) is 0 Å². The molecule has 0 saturated carbocycles. The van der Waals surface area contributed by atoms with Crippen molar-refractivity contribution in [3.05, 3.63) is 18.0 Å². The fourth-order valence-electron chi connectivity index (χ4n) is 0.975. The molecule has 0 fully saturated rings. The van der Waals surface area contributed by atoms with Crippen molar-refractivity contribution in [3.63, 3.8) is 0 Å². The lowest BCUT2D eigenvalue weighted by Crippen LogP contribution is -2.07. The predicted molar refractivity (Wildman–Crippen MR) is 43.2 cm³/mol. The molecule has 1 heterocycles. The normalized spacial score (nSPS) is 13.8. The Labute approximate surface area is 66.8 Å². The summed E-state index contributed by atoms with van der Waals surface area (Å²) >= 11 is 0. The van der Waals surface area contributed by atoms with Crippen molar-refractivity contribution >= 4 is 0 Å². The number of hydrogen-bond donors (Lipinski definition) is 1. The summed E-state index contributed by atoms with van der Waals surface area (Å²) in [5.41, 5.74) is 1.03. The first-order chi connectivity index (χ1) is 5.20. The van der Waals surface area contributed by atoms with Crippen LogP contribution in [0.5, 0.6) is 0 Å². The van der Waals surface area contributed by atoms with Gasteiger partial charge in [0, 0.05) is 6.20 Å². The summed E-state index contributed by atoms with van der Waals surface area (Å²) in [4.78, 5) is 0. The van der Waals surface area contributed by atoms with Gasteiger partial charge in [-0.15, -0.1) is 0 Å². The van der Waals surface area contributed by atoms with Gasteiger partial charge in [0.15, 0.2) is 0 Å². The van der Waals surface area contributed by atoms with Crippen molar-refractivity contribution in [1.29, 1.82) is 0 Å². The van der Waals surface area contributed by atoms with Crippen molar-refractivity contribution in [1.82, 2.24) is 10.2 Å². The zero-order valence-corrected chi connectivity index (χ0v) is 7.16. The third-order valence-electron chi connectivity index (χ3n) is 1.44. The first kappa shape index (κ1) is 8.27. The first-order valence-corrected chi connectivity index (χ1v) is 3.85. The Kier molecular flexibility index (Phi) is 2.65. The number of H-pyrrole nitrogens is 1. The molecule has 0 aliphatic carbocycles. The van der Waals surface area contributed by atoms with Crippen molar-refractivity contribution in [2.24, 2.45) is 0 Å². The molecule has 0 bridgehead atoms. The highest BCUT2D eigenvalue weighted by Gasteiger charge is 2.07. The van der Waals surface area contributed by atoms with Crippen LogP contribution in [-0.4, -0.2) is 16.3 Å². The molecule has 0 aromatic carbocycles. The van der Waals surface area contributed by atoms with Crippen LogP contribution in [0, 0.1) is 0 Å². The van der Waals surface area contributed by atoms with Gasteiger partial charge in [-0.2, -0.15) is 5.10 Å². The van der Waals surface area contributed by atoms with Gasteiger partial charge in [-0.25, -0.2) is 0 Å². The highest BCUT2D eigenvalue weighted by Crippen LogP contribution is 2.14. The minimum atomic E-state index is 0.109. The number of nitrogens with one attached hydrogen (secondary N) is 1. The molecule has 1 rings (SSSR count). The summed E-state index contributed by atoms with van der Waals surface area (Å²) in [6.07, 6.45) is 2.10. The summed E-state index contributed by atoms with van der Waals surface area (Å²) in [5.74, 6) is 0. The molecule has 0 radical (unpaired) electrons. The SMILES string of the molecule is CC(C)OC(C)c1ccn[nH]1. The second kappa shape index (κ2) is 3.53. The number of ether oxygens (including phenoxy) is 1. The molecular formula is C8H14N2O. The van der Waals surface area contributed by atoms with Gasteiger partial charge in [-0.3, -0.25) is 5.10 Å². The second-order valence-corrected chi connectivity index (χ2v) is 2.84. The molecule has 11 heavy (non-hydrogen) atoms. The molecule has 0 amide bonds. The molecular weight excluding hydrogens is 140 g/mol. The lowest BCUT2D eigenvalue weighted by molar-refractivity contribution is 0.0154. The van der Waals surface area contributed by atoms with Gasteiger partial charge >= 0.3 is 0 Å². The van der Waals surface area contributed by atoms with E-state index in [-0.39, 0.29) is 12.2 Å².